The van der Waals surface area contributed by atoms with Crippen molar-refractivity contribution in [1.29, 1.82) is 0 Å². The maximum atomic E-state index is 12.5. The van der Waals surface area contributed by atoms with Gasteiger partial charge in [0.15, 0.2) is 5.13 Å². The van der Waals surface area contributed by atoms with Gasteiger partial charge in [0.2, 0.25) is 5.91 Å². The summed E-state index contributed by atoms with van der Waals surface area (Å²) < 4.78 is 0.845. The van der Waals surface area contributed by atoms with E-state index in [1.165, 1.54) is 11.3 Å². The van der Waals surface area contributed by atoms with Crippen LogP contribution < -0.4 is 5.32 Å². The Morgan fingerprint density at radius 3 is 2.76 bits per heavy atom. The van der Waals surface area contributed by atoms with Crippen molar-refractivity contribution in [1.82, 2.24) is 4.98 Å². The van der Waals surface area contributed by atoms with E-state index in [0.29, 0.717) is 20.7 Å². The highest BCUT2D eigenvalue weighted by atomic mass is 35.5. The average molecular weight is 387 g/mol. The van der Waals surface area contributed by atoms with Crippen LogP contribution in [-0.4, -0.2) is 10.9 Å². The summed E-state index contributed by atoms with van der Waals surface area (Å²) in [5.41, 5.74) is 1.63. The summed E-state index contributed by atoms with van der Waals surface area (Å²) in [4.78, 5) is 16.8. The SMILES string of the molecule is O=C(Cc1cccc2ccccc12)Nc1nc2c(Cl)cc(Cl)cc2s1. The summed E-state index contributed by atoms with van der Waals surface area (Å²) in [5.74, 6) is -0.113. The molecule has 0 spiro atoms. The Kier molecular flexibility index (Phi) is 4.34. The molecule has 0 saturated heterocycles. The Morgan fingerprint density at radius 1 is 1.08 bits per heavy atom. The number of nitrogens with one attached hydrogen (secondary N) is 1. The van der Waals surface area contributed by atoms with E-state index in [0.717, 1.165) is 21.0 Å². The third-order valence-electron chi connectivity index (χ3n) is 3.89. The molecule has 1 amide bonds. The first-order valence-corrected chi connectivity index (χ1v) is 9.19. The summed E-state index contributed by atoms with van der Waals surface area (Å²) in [6.45, 7) is 0. The van der Waals surface area contributed by atoms with Crippen LogP contribution in [0.25, 0.3) is 21.0 Å². The quantitative estimate of drug-likeness (QED) is 0.473. The highest BCUT2D eigenvalue weighted by molar-refractivity contribution is 7.22. The molecule has 0 aliphatic rings. The minimum atomic E-state index is -0.113. The number of carbonyl (C=O) groups is 1. The number of fused-ring (bicyclic) bond motifs is 2. The molecule has 3 nitrogen and oxygen atoms in total. The van der Waals surface area contributed by atoms with Gasteiger partial charge in [-0.15, -0.1) is 0 Å². The third-order valence-corrected chi connectivity index (χ3v) is 5.31. The molecule has 1 N–H and O–H groups in total. The smallest absolute Gasteiger partial charge is 0.230 e. The van der Waals surface area contributed by atoms with E-state index in [-0.39, 0.29) is 12.3 Å². The zero-order chi connectivity index (χ0) is 17.4. The molecular weight excluding hydrogens is 375 g/mol. The minimum absolute atomic E-state index is 0.113. The van der Waals surface area contributed by atoms with Gasteiger partial charge in [-0.3, -0.25) is 4.79 Å². The molecule has 6 heteroatoms. The number of aromatic nitrogens is 1. The summed E-state index contributed by atoms with van der Waals surface area (Å²) in [6, 6.07) is 17.4. The summed E-state index contributed by atoms with van der Waals surface area (Å²) >= 11 is 13.5. The fraction of sp³-hybridized carbons (Fsp3) is 0.0526. The van der Waals surface area contributed by atoms with Crippen molar-refractivity contribution < 1.29 is 4.79 Å². The summed E-state index contributed by atoms with van der Waals surface area (Å²) in [5, 5.41) is 6.61. The summed E-state index contributed by atoms with van der Waals surface area (Å²) in [6.07, 6.45) is 0.283. The van der Waals surface area contributed by atoms with Crippen LogP contribution in [0.5, 0.6) is 0 Å². The number of rotatable bonds is 3. The van der Waals surface area contributed by atoms with Gasteiger partial charge in [-0.1, -0.05) is 77.0 Å². The number of benzene rings is 3. The lowest BCUT2D eigenvalue weighted by molar-refractivity contribution is -0.115. The fourth-order valence-corrected chi connectivity index (χ4v) is 4.40. The zero-order valence-electron chi connectivity index (χ0n) is 12.9. The number of hydrogen-bond acceptors (Lipinski definition) is 3. The molecule has 1 aromatic heterocycles. The number of anilines is 1. The molecule has 25 heavy (non-hydrogen) atoms. The van der Waals surface area contributed by atoms with Crippen molar-refractivity contribution in [2.75, 3.05) is 5.32 Å². The first-order chi connectivity index (χ1) is 12.1. The molecule has 3 aromatic carbocycles. The van der Waals surface area contributed by atoms with E-state index in [4.69, 9.17) is 23.2 Å². The Labute approximate surface area is 158 Å². The highest BCUT2D eigenvalue weighted by Crippen LogP contribution is 2.33. The van der Waals surface area contributed by atoms with Crippen LogP contribution in [0.4, 0.5) is 5.13 Å². The van der Waals surface area contributed by atoms with Crippen LogP contribution in [-0.2, 0) is 11.2 Å². The van der Waals surface area contributed by atoms with Gasteiger partial charge >= 0.3 is 0 Å². The van der Waals surface area contributed by atoms with Crippen LogP contribution in [0, 0.1) is 0 Å². The Balaban J connectivity index is 1.59. The van der Waals surface area contributed by atoms with Gasteiger partial charge in [0.1, 0.15) is 5.52 Å². The zero-order valence-corrected chi connectivity index (χ0v) is 15.3. The van der Waals surface area contributed by atoms with Gasteiger partial charge < -0.3 is 5.32 Å². The number of nitrogens with zero attached hydrogens (tertiary/aromatic N) is 1. The molecule has 0 aliphatic carbocycles. The van der Waals surface area contributed by atoms with Crippen LogP contribution in [0.2, 0.25) is 10.0 Å². The predicted molar refractivity (Wildman–Crippen MR) is 106 cm³/mol. The number of amides is 1. The van der Waals surface area contributed by atoms with Crippen LogP contribution in [0.15, 0.2) is 54.6 Å². The lowest BCUT2D eigenvalue weighted by Crippen LogP contribution is -2.14. The van der Waals surface area contributed by atoms with Crippen LogP contribution in [0.3, 0.4) is 0 Å². The van der Waals surface area contributed by atoms with Crippen molar-refractivity contribution >= 4 is 66.6 Å². The van der Waals surface area contributed by atoms with Crippen LogP contribution >= 0.6 is 34.5 Å². The van der Waals surface area contributed by atoms with Gasteiger partial charge in [-0.2, -0.15) is 0 Å². The molecule has 0 fully saturated rings. The lowest BCUT2D eigenvalue weighted by Gasteiger charge is -2.06. The number of hydrogen-bond donors (Lipinski definition) is 1. The monoisotopic (exact) mass is 386 g/mol. The fourth-order valence-electron chi connectivity index (χ4n) is 2.79. The molecule has 4 aromatic rings. The van der Waals surface area contributed by atoms with Crippen molar-refractivity contribution in [2.45, 2.75) is 6.42 Å². The molecular formula is C19H12Cl2N2OS. The molecule has 0 unspecified atom stereocenters. The Bertz CT molecular complexity index is 1100. The van der Waals surface area contributed by atoms with Gasteiger partial charge in [-0.05, 0) is 28.5 Å². The Morgan fingerprint density at radius 2 is 1.88 bits per heavy atom. The first-order valence-electron chi connectivity index (χ1n) is 7.62. The average Bonchev–Trinajstić information content (AvgIpc) is 2.97. The molecule has 124 valence electrons. The van der Waals surface area contributed by atoms with Crippen molar-refractivity contribution in [3.63, 3.8) is 0 Å². The normalized spacial score (nSPS) is 11.1. The van der Waals surface area contributed by atoms with E-state index in [2.05, 4.69) is 10.3 Å². The Hall–Kier alpha value is -2.14. The van der Waals surface area contributed by atoms with E-state index in [1.54, 1.807) is 12.1 Å². The lowest BCUT2D eigenvalue weighted by atomic mass is 10.0. The van der Waals surface area contributed by atoms with Crippen molar-refractivity contribution in [3.05, 3.63) is 70.2 Å². The molecule has 1 heterocycles. The maximum Gasteiger partial charge on any atom is 0.230 e. The standard InChI is InChI=1S/C19H12Cl2N2OS/c20-13-9-15(21)18-16(10-13)25-19(23-18)22-17(24)8-12-6-3-5-11-4-1-2-7-14(11)12/h1-7,9-10H,8H2,(H,22,23,24). The largest absolute Gasteiger partial charge is 0.302 e. The molecule has 0 bridgehead atoms. The molecule has 0 aliphatic heterocycles. The number of carbonyl (C=O) groups excluding carboxylic acids is 1. The van der Waals surface area contributed by atoms with Gasteiger partial charge in [-0.25, -0.2) is 4.98 Å². The van der Waals surface area contributed by atoms with Gasteiger partial charge in [0.25, 0.3) is 0 Å². The number of halogens is 2. The molecule has 0 saturated carbocycles. The first kappa shape index (κ1) is 16.3. The van der Waals surface area contributed by atoms with E-state index in [9.17, 15) is 4.79 Å². The minimum Gasteiger partial charge on any atom is -0.302 e. The molecule has 0 radical (unpaired) electrons. The second-order valence-corrected chi connectivity index (χ2v) is 7.49. The highest BCUT2D eigenvalue weighted by Gasteiger charge is 2.12. The van der Waals surface area contributed by atoms with Gasteiger partial charge in [0, 0.05) is 5.02 Å². The predicted octanol–water partition coefficient (Wildman–Crippen LogP) is 5.94. The van der Waals surface area contributed by atoms with Crippen molar-refractivity contribution in [2.24, 2.45) is 0 Å². The summed E-state index contributed by atoms with van der Waals surface area (Å²) in [7, 11) is 0. The topological polar surface area (TPSA) is 42.0 Å². The van der Waals surface area contributed by atoms with E-state index >= 15 is 0 Å². The van der Waals surface area contributed by atoms with Crippen molar-refractivity contribution in [3.8, 4) is 0 Å². The third kappa shape index (κ3) is 3.33. The molecule has 0 atom stereocenters. The second kappa shape index (κ2) is 6.64. The van der Waals surface area contributed by atoms with Crippen LogP contribution in [0.1, 0.15) is 5.56 Å². The molecule has 4 rings (SSSR count). The van der Waals surface area contributed by atoms with E-state index < -0.39 is 0 Å². The van der Waals surface area contributed by atoms with E-state index in [1.807, 2.05) is 42.5 Å². The number of thiazole rings is 1. The second-order valence-electron chi connectivity index (χ2n) is 5.62. The maximum absolute atomic E-state index is 12.5. The van der Waals surface area contributed by atoms with Gasteiger partial charge in [0.05, 0.1) is 16.1 Å².